The first-order valence-electron chi connectivity index (χ1n) is 4.20. The fourth-order valence-corrected chi connectivity index (χ4v) is 1.11. The van der Waals surface area contributed by atoms with Crippen LogP contribution < -0.4 is 5.73 Å². The zero-order chi connectivity index (χ0) is 10.8. The highest BCUT2D eigenvalue weighted by molar-refractivity contribution is 5.00. The lowest BCUT2D eigenvalue weighted by molar-refractivity contribution is -0.148. The molecule has 1 heterocycles. The molecular weight excluding hydrogens is 195 g/mol. The third-order valence-electron chi connectivity index (χ3n) is 2.05. The van der Waals surface area contributed by atoms with E-state index in [0.29, 0.717) is 0 Å². The third kappa shape index (κ3) is 2.73. The molecule has 6 heteroatoms. The average molecular weight is 207 g/mol. The van der Waals surface area contributed by atoms with Crippen LogP contribution in [0.3, 0.4) is 0 Å². The Balaban J connectivity index is 2.46. The van der Waals surface area contributed by atoms with Crippen molar-refractivity contribution >= 4 is 0 Å². The summed E-state index contributed by atoms with van der Waals surface area (Å²) in [6.07, 6.45) is -2.58. The Morgan fingerprint density at radius 1 is 1.57 bits per heavy atom. The van der Waals surface area contributed by atoms with E-state index in [-0.39, 0.29) is 12.8 Å². The van der Waals surface area contributed by atoms with Crippen LogP contribution in [0.4, 0.5) is 13.2 Å². The van der Waals surface area contributed by atoms with Crippen LogP contribution in [0, 0.1) is 0 Å². The molecule has 0 aliphatic rings. The van der Waals surface area contributed by atoms with Crippen molar-refractivity contribution in [3.8, 4) is 0 Å². The second kappa shape index (κ2) is 4.00. The van der Waals surface area contributed by atoms with Crippen LogP contribution in [0.25, 0.3) is 0 Å². The van der Waals surface area contributed by atoms with Gasteiger partial charge in [0.25, 0.3) is 0 Å². The minimum absolute atomic E-state index is 0.108. The van der Waals surface area contributed by atoms with E-state index in [2.05, 4.69) is 5.10 Å². The van der Waals surface area contributed by atoms with Crippen LogP contribution in [-0.2, 0) is 13.5 Å². The van der Waals surface area contributed by atoms with Crippen molar-refractivity contribution in [1.29, 1.82) is 0 Å². The number of alkyl halides is 3. The van der Waals surface area contributed by atoms with Gasteiger partial charge in [0, 0.05) is 18.9 Å². The molecule has 0 saturated carbocycles. The summed E-state index contributed by atoms with van der Waals surface area (Å²) in [5, 5.41) is 3.85. The summed E-state index contributed by atoms with van der Waals surface area (Å²) < 4.78 is 37.6. The maximum Gasteiger partial charge on any atom is 0.403 e. The molecule has 1 aromatic heterocycles. The van der Waals surface area contributed by atoms with Crippen LogP contribution >= 0.6 is 0 Å². The molecule has 1 unspecified atom stereocenters. The fraction of sp³-hybridized carbons (Fsp3) is 0.625. The van der Waals surface area contributed by atoms with Crippen molar-refractivity contribution in [3.05, 3.63) is 18.0 Å². The summed E-state index contributed by atoms with van der Waals surface area (Å²) in [6.45, 7) is 0. The Morgan fingerprint density at radius 2 is 2.21 bits per heavy atom. The summed E-state index contributed by atoms with van der Waals surface area (Å²) in [6, 6.07) is -0.0688. The Morgan fingerprint density at radius 3 is 2.64 bits per heavy atom. The maximum atomic E-state index is 12.0. The van der Waals surface area contributed by atoms with Gasteiger partial charge < -0.3 is 5.73 Å². The SMILES string of the molecule is Cn1nccc1CCC(N)C(F)(F)F. The number of hydrogen-bond acceptors (Lipinski definition) is 2. The molecule has 14 heavy (non-hydrogen) atoms. The van der Waals surface area contributed by atoms with E-state index in [1.165, 1.54) is 0 Å². The lowest BCUT2D eigenvalue weighted by Crippen LogP contribution is -2.37. The van der Waals surface area contributed by atoms with E-state index in [0.717, 1.165) is 5.69 Å². The highest BCUT2D eigenvalue weighted by atomic mass is 19.4. The van der Waals surface area contributed by atoms with Crippen molar-refractivity contribution in [2.45, 2.75) is 25.1 Å². The van der Waals surface area contributed by atoms with E-state index in [1.54, 1.807) is 24.0 Å². The molecule has 0 aliphatic heterocycles. The molecule has 0 bridgehead atoms. The lowest BCUT2D eigenvalue weighted by atomic mass is 10.1. The van der Waals surface area contributed by atoms with Crippen molar-refractivity contribution < 1.29 is 13.2 Å². The zero-order valence-electron chi connectivity index (χ0n) is 7.75. The van der Waals surface area contributed by atoms with Crippen LogP contribution in [0.15, 0.2) is 12.3 Å². The second-order valence-corrected chi connectivity index (χ2v) is 3.13. The smallest absolute Gasteiger partial charge is 0.320 e. The topological polar surface area (TPSA) is 43.8 Å². The molecule has 0 saturated heterocycles. The van der Waals surface area contributed by atoms with Crippen LogP contribution in [0.5, 0.6) is 0 Å². The Kier molecular flexibility index (Phi) is 3.15. The second-order valence-electron chi connectivity index (χ2n) is 3.13. The number of hydrogen-bond donors (Lipinski definition) is 1. The minimum Gasteiger partial charge on any atom is -0.320 e. The number of nitrogens with two attached hydrogens (primary N) is 1. The number of halogens is 3. The van der Waals surface area contributed by atoms with Crippen molar-refractivity contribution in [2.75, 3.05) is 0 Å². The Hall–Kier alpha value is -1.04. The van der Waals surface area contributed by atoms with Gasteiger partial charge in [-0.15, -0.1) is 0 Å². The molecule has 1 rings (SSSR count). The van der Waals surface area contributed by atoms with Crippen LogP contribution in [0.1, 0.15) is 12.1 Å². The molecule has 0 aromatic carbocycles. The summed E-state index contributed by atoms with van der Waals surface area (Å²) in [5.41, 5.74) is 5.72. The standard InChI is InChI=1S/C8H12F3N3/c1-14-6(4-5-13-14)2-3-7(12)8(9,10)11/h4-5,7H,2-3,12H2,1H3. The molecule has 1 atom stereocenters. The predicted octanol–water partition coefficient (Wildman–Crippen LogP) is 1.24. The van der Waals surface area contributed by atoms with Crippen molar-refractivity contribution in [3.63, 3.8) is 0 Å². The first kappa shape index (κ1) is 11.0. The molecule has 2 N–H and O–H groups in total. The van der Waals surface area contributed by atoms with Gasteiger partial charge in [-0.3, -0.25) is 4.68 Å². The number of rotatable bonds is 3. The highest BCUT2D eigenvalue weighted by Gasteiger charge is 2.36. The molecule has 3 nitrogen and oxygen atoms in total. The van der Waals surface area contributed by atoms with Gasteiger partial charge in [0.2, 0.25) is 0 Å². The van der Waals surface area contributed by atoms with E-state index >= 15 is 0 Å². The molecule has 80 valence electrons. The van der Waals surface area contributed by atoms with Gasteiger partial charge >= 0.3 is 6.18 Å². The van der Waals surface area contributed by atoms with Gasteiger partial charge in [0.15, 0.2) is 0 Å². The molecule has 0 aliphatic carbocycles. The van der Waals surface area contributed by atoms with E-state index in [1.807, 2.05) is 0 Å². The molecule has 1 aromatic rings. The molecular formula is C8H12F3N3. The van der Waals surface area contributed by atoms with E-state index in [4.69, 9.17) is 5.73 Å². The van der Waals surface area contributed by atoms with Gasteiger partial charge in [-0.25, -0.2) is 0 Å². The van der Waals surface area contributed by atoms with Gasteiger partial charge in [0.05, 0.1) is 0 Å². The first-order chi connectivity index (χ1) is 6.41. The third-order valence-corrected chi connectivity index (χ3v) is 2.05. The largest absolute Gasteiger partial charge is 0.403 e. The predicted molar refractivity (Wildman–Crippen MR) is 45.6 cm³/mol. The van der Waals surface area contributed by atoms with Crippen molar-refractivity contribution in [1.82, 2.24) is 9.78 Å². The summed E-state index contributed by atoms with van der Waals surface area (Å²) in [4.78, 5) is 0. The molecule has 0 spiro atoms. The number of nitrogens with zero attached hydrogens (tertiary/aromatic N) is 2. The normalized spacial score (nSPS) is 14.4. The maximum absolute atomic E-state index is 12.0. The lowest BCUT2D eigenvalue weighted by Gasteiger charge is -2.14. The van der Waals surface area contributed by atoms with E-state index in [9.17, 15) is 13.2 Å². The minimum atomic E-state index is -4.31. The summed E-state index contributed by atoms with van der Waals surface area (Å²) in [7, 11) is 1.69. The summed E-state index contributed by atoms with van der Waals surface area (Å²) in [5.74, 6) is 0. The Bertz CT molecular complexity index is 292. The van der Waals surface area contributed by atoms with Gasteiger partial charge in [0.1, 0.15) is 6.04 Å². The average Bonchev–Trinajstić information content (AvgIpc) is 2.45. The first-order valence-corrected chi connectivity index (χ1v) is 4.20. The zero-order valence-corrected chi connectivity index (χ0v) is 7.75. The number of aryl methyl sites for hydroxylation is 2. The monoisotopic (exact) mass is 207 g/mol. The van der Waals surface area contributed by atoms with Crippen LogP contribution in [0.2, 0.25) is 0 Å². The van der Waals surface area contributed by atoms with Crippen LogP contribution in [-0.4, -0.2) is 22.0 Å². The van der Waals surface area contributed by atoms with E-state index < -0.39 is 12.2 Å². The highest BCUT2D eigenvalue weighted by Crippen LogP contribution is 2.21. The van der Waals surface area contributed by atoms with Gasteiger partial charge in [-0.05, 0) is 18.9 Å². The number of aromatic nitrogens is 2. The summed E-state index contributed by atoms with van der Waals surface area (Å²) >= 11 is 0. The quantitative estimate of drug-likeness (QED) is 0.810. The molecule has 0 radical (unpaired) electrons. The molecule has 0 amide bonds. The Labute approximate surface area is 79.7 Å². The van der Waals surface area contributed by atoms with Crippen molar-refractivity contribution in [2.24, 2.45) is 12.8 Å². The fourth-order valence-electron chi connectivity index (χ4n) is 1.11. The van der Waals surface area contributed by atoms with Gasteiger partial charge in [-0.1, -0.05) is 0 Å². The molecule has 0 fully saturated rings. The van der Waals surface area contributed by atoms with Gasteiger partial charge in [-0.2, -0.15) is 18.3 Å².